The van der Waals surface area contributed by atoms with Crippen molar-refractivity contribution in [1.29, 1.82) is 5.26 Å². The first-order valence-corrected chi connectivity index (χ1v) is 17.2. The topological polar surface area (TPSA) is 154 Å². The lowest BCUT2D eigenvalue weighted by atomic mass is 9.72. The average Bonchev–Trinajstić information content (AvgIpc) is 3.80. The molecule has 13 nitrogen and oxygen atoms in total. The van der Waals surface area contributed by atoms with Gasteiger partial charge in [-0.2, -0.15) is 20.2 Å². The standard InChI is InChI=1S/C33H44N10O3S/c1-21(24-9-7-13-41(24)5)45-32-36-23(19-26(37-32)43-17-15-42(16-18-43)14-8-11-27(44)40(3)4)30-38-31(46-39-30)33(2)12-6-10-25-28(33)22(20-34)29(35)47-25/h8,11,19,21,24H,6-7,9-10,12-18,35H2,1-5H3/b11-8+/t21-,24-,33-/m0/s1. The van der Waals surface area contributed by atoms with Crippen LogP contribution in [0.4, 0.5) is 10.8 Å². The van der Waals surface area contributed by atoms with Gasteiger partial charge in [0, 0.05) is 75.4 Å². The summed E-state index contributed by atoms with van der Waals surface area (Å²) in [7, 11) is 5.62. The Morgan fingerprint density at radius 3 is 2.74 bits per heavy atom. The lowest BCUT2D eigenvalue weighted by Crippen LogP contribution is -2.46. The van der Waals surface area contributed by atoms with E-state index in [2.05, 4.69) is 46.8 Å². The first-order valence-electron chi connectivity index (χ1n) is 16.3. The third kappa shape index (κ3) is 6.70. The molecule has 3 aromatic heterocycles. The number of nitrogen functional groups attached to an aromatic ring is 1. The number of ether oxygens (including phenoxy) is 1. The Hall–Kier alpha value is -4.06. The van der Waals surface area contributed by atoms with Gasteiger partial charge < -0.3 is 24.8 Å². The number of aryl methyl sites for hydroxylation is 1. The van der Waals surface area contributed by atoms with E-state index in [4.69, 9.17) is 29.9 Å². The number of carbonyl (C=O) groups excluding carboxylic acids is 1. The molecule has 14 heteroatoms. The van der Waals surface area contributed by atoms with Crippen molar-refractivity contribution >= 4 is 28.1 Å². The summed E-state index contributed by atoms with van der Waals surface area (Å²) in [6, 6.07) is 4.78. The molecule has 3 aromatic rings. The maximum Gasteiger partial charge on any atom is 0.319 e. The Balaban J connectivity index is 1.27. The minimum atomic E-state index is -0.628. The Morgan fingerprint density at radius 1 is 1.26 bits per heavy atom. The van der Waals surface area contributed by atoms with Crippen LogP contribution in [-0.2, 0) is 16.6 Å². The van der Waals surface area contributed by atoms with Crippen LogP contribution in [0.3, 0.4) is 0 Å². The smallest absolute Gasteiger partial charge is 0.319 e. The van der Waals surface area contributed by atoms with E-state index in [1.807, 2.05) is 12.1 Å². The molecule has 2 saturated heterocycles. The first kappa shape index (κ1) is 32.9. The molecule has 5 heterocycles. The van der Waals surface area contributed by atoms with E-state index >= 15 is 0 Å². The summed E-state index contributed by atoms with van der Waals surface area (Å²) >= 11 is 1.48. The number of nitrogens with zero attached hydrogens (tertiary/aromatic N) is 9. The molecule has 1 amide bonds. The molecule has 0 aromatic carbocycles. The second-order valence-corrected chi connectivity index (χ2v) is 14.3. The highest BCUT2D eigenvalue weighted by Crippen LogP contribution is 2.48. The number of hydrogen-bond donors (Lipinski definition) is 1. The van der Waals surface area contributed by atoms with E-state index < -0.39 is 5.41 Å². The highest BCUT2D eigenvalue weighted by Gasteiger charge is 2.43. The van der Waals surface area contributed by atoms with E-state index in [1.54, 1.807) is 25.1 Å². The molecular formula is C33H44N10O3S. The predicted molar refractivity (Wildman–Crippen MR) is 180 cm³/mol. The van der Waals surface area contributed by atoms with Gasteiger partial charge >= 0.3 is 6.01 Å². The summed E-state index contributed by atoms with van der Waals surface area (Å²) in [4.78, 5) is 36.0. The van der Waals surface area contributed by atoms with Gasteiger partial charge in [0.05, 0.1) is 11.0 Å². The van der Waals surface area contributed by atoms with Gasteiger partial charge in [0.2, 0.25) is 17.6 Å². The fourth-order valence-corrected chi connectivity index (χ4v) is 8.18. The van der Waals surface area contributed by atoms with Crippen LogP contribution in [-0.4, -0.2) is 113 Å². The normalized spacial score (nSPS) is 22.7. The van der Waals surface area contributed by atoms with Crippen molar-refractivity contribution in [3.63, 3.8) is 0 Å². The number of likely N-dealkylation sites (tertiary alicyclic amines) is 1. The number of likely N-dealkylation sites (N-methyl/N-ethyl adjacent to an activating group) is 2. The third-order valence-electron chi connectivity index (χ3n) is 9.74. The monoisotopic (exact) mass is 660 g/mol. The third-order valence-corrected chi connectivity index (χ3v) is 10.8. The summed E-state index contributed by atoms with van der Waals surface area (Å²) < 4.78 is 12.4. The molecule has 1 aliphatic carbocycles. The van der Waals surface area contributed by atoms with E-state index in [9.17, 15) is 10.1 Å². The SMILES string of the molecule is C[C@H](Oc1nc(-c2noc([C@@]3(C)CCCc4sc(N)c(C#N)c43)n2)cc(N2CCN(C/C=C/C(=O)N(C)C)CC2)n1)[C@@H]1CCCN1C. The highest BCUT2D eigenvalue weighted by atomic mass is 32.1. The Bertz CT molecular complexity index is 1670. The van der Waals surface area contributed by atoms with Crippen LogP contribution in [0.5, 0.6) is 6.01 Å². The van der Waals surface area contributed by atoms with Crippen LogP contribution in [0.25, 0.3) is 11.5 Å². The number of anilines is 2. The first-order chi connectivity index (χ1) is 22.6. The molecule has 2 N–H and O–H groups in total. The molecule has 2 aliphatic heterocycles. The Labute approximate surface area is 280 Å². The second kappa shape index (κ2) is 13.6. The van der Waals surface area contributed by atoms with Crippen molar-refractivity contribution in [3.05, 3.63) is 40.1 Å². The summed E-state index contributed by atoms with van der Waals surface area (Å²) in [6.45, 7) is 9.02. The summed E-state index contributed by atoms with van der Waals surface area (Å²) in [5.41, 5.74) is 7.56. The van der Waals surface area contributed by atoms with Crippen molar-refractivity contribution in [2.45, 2.75) is 63.5 Å². The number of fused-ring (bicyclic) bond motifs is 1. The summed E-state index contributed by atoms with van der Waals surface area (Å²) in [5.74, 6) is 1.52. The number of nitrogens with two attached hydrogens (primary N) is 1. The van der Waals surface area contributed by atoms with Gasteiger partial charge in [-0.3, -0.25) is 14.6 Å². The van der Waals surface area contributed by atoms with Crippen LogP contribution in [0.15, 0.2) is 22.7 Å². The lowest BCUT2D eigenvalue weighted by molar-refractivity contribution is -0.123. The number of carbonyl (C=O) groups is 1. The lowest BCUT2D eigenvalue weighted by Gasteiger charge is -2.35. The van der Waals surface area contributed by atoms with Gasteiger partial charge in [-0.25, -0.2) is 0 Å². The van der Waals surface area contributed by atoms with Gasteiger partial charge in [-0.05, 0) is 59.5 Å². The van der Waals surface area contributed by atoms with Crippen molar-refractivity contribution < 1.29 is 14.1 Å². The molecule has 6 rings (SSSR count). The molecule has 0 radical (unpaired) electrons. The second-order valence-electron chi connectivity index (χ2n) is 13.2. The summed E-state index contributed by atoms with van der Waals surface area (Å²) in [5, 5.41) is 14.9. The fourth-order valence-electron chi connectivity index (χ4n) is 6.99. The molecule has 2 fully saturated rings. The molecule has 0 bridgehead atoms. The Kier molecular flexibility index (Phi) is 9.50. The largest absolute Gasteiger partial charge is 0.459 e. The van der Waals surface area contributed by atoms with Crippen LogP contribution < -0.4 is 15.4 Å². The number of amides is 1. The predicted octanol–water partition coefficient (Wildman–Crippen LogP) is 3.31. The number of hydrogen-bond acceptors (Lipinski definition) is 13. The maximum atomic E-state index is 11.9. The average molecular weight is 661 g/mol. The zero-order valence-corrected chi connectivity index (χ0v) is 28.7. The van der Waals surface area contributed by atoms with E-state index in [0.29, 0.717) is 34.5 Å². The van der Waals surface area contributed by atoms with Crippen molar-refractivity contribution in [2.24, 2.45) is 0 Å². The molecular weight excluding hydrogens is 616 g/mol. The number of thiophene rings is 1. The van der Waals surface area contributed by atoms with Crippen molar-refractivity contribution in [3.8, 4) is 23.6 Å². The highest BCUT2D eigenvalue weighted by molar-refractivity contribution is 7.16. The van der Waals surface area contributed by atoms with Crippen molar-refractivity contribution in [2.75, 3.05) is 71.0 Å². The van der Waals surface area contributed by atoms with Crippen LogP contribution >= 0.6 is 11.3 Å². The molecule has 250 valence electrons. The van der Waals surface area contributed by atoms with Gasteiger partial charge in [-0.1, -0.05) is 11.2 Å². The van der Waals surface area contributed by atoms with E-state index in [1.165, 1.54) is 11.3 Å². The zero-order chi connectivity index (χ0) is 33.3. The molecule has 3 atom stereocenters. The minimum Gasteiger partial charge on any atom is -0.459 e. The minimum absolute atomic E-state index is 0.0183. The quantitative estimate of drug-likeness (QED) is 0.335. The van der Waals surface area contributed by atoms with E-state index in [0.717, 1.165) is 81.1 Å². The number of piperazine rings is 1. The number of rotatable bonds is 9. The van der Waals surface area contributed by atoms with Crippen LogP contribution in [0, 0.1) is 11.3 Å². The van der Waals surface area contributed by atoms with Crippen molar-refractivity contribution in [1.82, 2.24) is 34.8 Å². The molecule has 0 saturated carbocycles. The molecule has 0 spiro atoms. The number of aromatic nitrogens is 4. The van der Waals surface area contributed by atoms with Gasteiger partial charge in [-0.15, -0.1) is 11.3 Å². The zero-order valence-electron chi connectivity index (χ0n) is 27.9. The van der Waals surface area contributed by atoms with Gasteiger partial charge in [0.15, 0.2) is 0 Å². The summed E-state index contributed by atoms with van der Waals surface area (Å²) in [6.07, 6.45) is 8.22. The van der Waals surface area contributed by atoms with Crippen LogP contribution in [0.2, 0.25) is 0 Å². The molecule has 3 aliphatic rings. The molecule has 0 unspecified atom stereocenters. The van der Waals surface area contributed by atoms with Gasteiger partial charge in [0.1, 0.15) is 28.7 Å². The van der Waals surface area contributed by atoms with E-state index in [-0.39, 0.29) is 24.1 Å². The van der Waals surface area contributed by atoms with Gasteiger partial charge in [0.25, 0.3) is 0 Å². The maximum absolute atomic E-state index is 11.9. The Morgan fingerprint density at radius 2 is 2.04 bits per heavy atom. The van der Waals surface area contributed by atoms with Crippen LogP contribution in [0.1, 0.15) is 61.4 Å². The number of nitriles is 1. The molecule has 47 heavy (non-hydrogen) atoms. The fraction of sp³-hybridized carbons (Fsp3) is 0.576.